The minimum absolute atomic E-state index is 0.120. The normalized spacial score (nSPS) is 13.6. The molecule has 3 heteroatoms. The topological polar surface area (TPSA) is 0 Å². The SMILES string of the molecule is CCCC[SiH]([SiH3])[SiH](CCCC)CCCC. The molecular weight excluding hydrogens is 228 g/mol. The van der Waals surface area contributed by atoms with Gasteiger partial charge in [0.15, 0.2) is 0 Å². The predicted octanol–water partition coefficient (Wildman–Crippen LogP) is 2.78. The molecule has 0 aromatic rings. The monoisotopic (exact) mass is 260 g/mol. The first-order chi connectivity index (χ1) is 7.26. The highest BCUT2D eigenvalue weighted by atomic mass is 29.6. The Morgan fingerprint density at radius 3 is 1.53 bits per heavy atom. The third-order valence-electron chi connectivity index (χ3n) is 3.67. The molecule has 0 spiro atoms. The Labute approximate surface area is 103 Å². The Hall–Kier alpha value is 0.651. The molecule has 0 aliphatic heterocycles. The average molecular weight is 261 g/mol. The molecule has 0 aromatic carbocycles. The molecule has 0 saturated heterocycles. The van der Waals surface area contributed by atoms with E-state index in [4.69, 9.17) is 0 Å². The first-order valence-corrected chi connectivity index (χ1v) is 17.0. The number of hydrogen-bond donors (Lipinski definition) is 0. The fourth-order valence-corrected chi connectivity index (χ4v) is 21.4. The van der Waals surface area contributed by atoms with Crippen LogP contribution in [0.5, 0.6) is 0 Å². The Morgan fingerprint density at radius 1 is 0.733 bits per heavy atom. The summed E-state index contributed by atoms with van der Waals surface area (Å²) in [5, 5.41) is 0. The molecule has 0 rings (SSSR count). The van der Waals surface area contributed by atoms with Crippen LogP contribution >= 0.6 is 0 Å². The molecule has 0 saturated carbocycles. The van der Waals surface area contributed by atoms with Crippen LogP contribution in [0.25, 0.3) is 0 Å². The summed E-state index contributed by atoms with van der Waals surface area (Å²) in [7, 11) is 1.31. The van der Waals surface area contributed by atoms with Crippen LogP contribution in [0.1, 0.15) is 59.3 Å². The molecule has 0 aliphatic carbocycles. The van der Waals surface area contributed by atoms with Crippen LogP contribution < -0.4 is 0 Å². The van der Waals surface area contributed by atoms with E-state index in [2.05, 4.69) is 20.8 Å². The van der Waals surface area contributed by atoms with Crippen LogP contribution in [0.2, 0.25) is 18.1 Å². The van der Waals surface area contributed by atoms with Crippen LogP contribution in [0.4, 0.5) is 0 Å². The van der Waals surface area contributed by atoms with Gasteiger partial charge < -0.3 is 0 Å². The van der Waals surface area contributed by atoms with Crippen molar-refractivity contribution in [2.45, 2.75) is 77.4 Å². The van der Waals surface area contributed by atoms with E-state index < -0.39 is 0 Å². The zero-order valence-corrected chi connectivity index (χ0v) is 15.8. The lowest BCUT2D eigenvalue weighted by molar-refractivity contribution is 0.845. The predicted molar refractivity (Wildman–Crippen MR) is 83.4 cm³/mol. The fourth-order valence-electron chi connectivity index (χ4n) is 2.41. The first kappa shape index (κ1) is 15.7. The van der Waals surface area contributed by atoms with Gasteiger partial charge in [-0.2, -0.15) is 0 Å². The van der Waals surface area contributed by atoms with Gasteiger partial charge in [-0.15, -0.1) is 0 Å². The van der Waals surface area contributed by atoms with Gasteiger partial charge in [0.05, 0.1) is 0 Å². The Kier molecular flexibility index (Phi) is 11.6. The van der Waals surface area contributed by atoms with E-state index in [0.29, 0.717) is 0 Å². The third-order valence-corrected chi connectivity index (χ3v) is 26.9. The average Bonchev–Trinajstić information content (AvgIpc) is 2.26. The van der Waals surface area contributed by atoms with Crippen LogP contribution in [-0.4, -0.2) is 25.9 Å². The summed E-state index contributed by atoms with van der Waals surface area (Å²) in [6, 6.07) is 5.13. The van der Waals surface area contributed by atoms with Crippen molar-refractivity contribution in [3.8, 4) is 0 Å². The number of rotatable bonds is 10. The highest BCUT2D eigenvalue weighted by Crippen LogP contribution is 2.14. The molecule has 0 N–H and O–H groups in total. The van der Waals surface area contributed by atoms with E-state index in [9.17, 15) is 0 Å². The van der Waals surface area contributed by atoms with Gasteiger partial charge >= 0.3 is 0 Å². The molecule has 92 valence electrons. The second kappa shape index (κ2) is 11.1. The molecule has 1 unspecified atom stereocenters. The molecule has 15 heavy (non-hydrogen) atoms. The lowest BCUT2D eigenvalue weighted by atomic mass is 10.4. The van der Waals surface area contributed by atoms with Crippen molar-refractivity contribution in [3.63, 3.8) is 0 Å². The summed E-state index contributed by atoms with van der Waals surface area (Å²) in [5.74, 6) is 0. The highest BCUT2D eigenvalue weighted by molar-refractivity contribution is 7.41. The molecule has 1 atom stereocenters. The van der Waals surface area contributed by atoms with Gasteiger partial charge in [0.1, 0.15) is 0 Å². The van der Waals surface area contributed by atoms with Gasteiger partial charge in [0, 0.05) is 16.1 Å². The van der Waals surface area contributed by atoms with Crippen LogP contribution in [-0.2, 0) is 0 Å². The Morgan fingerprint density at radius 2 is 1.13 bits per heavy atom. The van der Waals surface area contributed by atoms with Crippen molar-refractivity contribution in [1.82, 2.24) is 0 Å². The zero-order valence-electron chi connectivity index (χ0n) is 11.5. The summed E-state index contributed by atoms with van der Waals surface area (Å²) in [5.41, 5.74) is 0. The summed E-state index contributed by atoms with van der Waals surface area (Å²) in [4.78, 5) is 0. The Balaban J connectivity index is 3.84. The van der Waals surface area contributed by atoms with E-state index in [1.165, 1.54) is 19.3 Å². The molecule has 0 radical (unpaired) electrons. The van der Waals surface area contributed by atoms with Crippen molar-refractivity contribution in [3.05, 3.63) is 0 Å². The summed E-state index contributed by atoms with van der Waals surface area (Å²) in [6.45, 7) is 7.08. The largest absolute Gasteiger partial charge is 0.0654 e. The Bertz CT molecular complexity index is 120. The first-order valence-electron chi connectivity index (χ1n) is 7.26. The maximum atomic E-state index is 2.36. The number of hydrogen-bond acceptors (Lipinski definition) is 0. The minimum Gasteiger partial charge on any atom is -0.0654 e. The van der Waals surface area contributed by atoms with Gasteiger partial charge in [0.25, 0.3) is 0 Å². The second-order valence-corrected chi connectivity index (χ2v) is 25.1. The van der Waals surface area contributed by atoms with E-state index >= 15 is 0 Å². The quantitative estimate of drug-likeness (QED) is 0.530. The van der Waals surface area contributed by atoms with Gasteiger partial charge in [-0.05, 0) is 9.76 Å². The van der Waals surface area contributed by atoms with Crippen molar-refractivity contribution in [2.75, 3.05) is 0 Å². The van der Waals surface area contributed by atoms with Crippen LogP contribution in [0.3, 0.4) is 0 Å². The van der Waals surface area contributed by atoms with E-state index in [1.807, 2.05) is 0 Å². The van der Waals surface area contributed by atoms with Gasteiger partial charge in [-0.3, -0.25) is 0 Å². The summed E-state index contributed by atoms with van der Waals surface area (Å²) < 4.78 is 0. The van der Waals surface area contributed by atoms with E-state index in [1.54, 1.807) is 47.2 Å². The molecule has 0 amide bonds. The van der Waals surface area contributed by atoms with Crippen LogP contribution in [0, 0.1) is 0 Å². The van der Waals surface area contributed by atoms with Gasteiger partial charge in [-0.25, -0.2) is 0 Å². The molecule has 0 aromatic heterocycles. The second-order valence-electron chi connectivity index (χ2n) is 5.16. The van der Waals surface area contributed by atoms with Gasteiger partial charge in [-0.1, -0.05) is 77.4 Å². The molecule has 0 heterocycles. The number of unbranched alkanes of at least 4 members (excludes halogenated alkanes) is 3. The highest BCUT2D eigenvalue weighted by Gasteiger charge is 2.18. The van der Waals surface area contributed by atoms with E-state index in [-0.39, 0.29) is 16.1 Å². The minimum atomic E-state index is -0.194. The van der Waals surface area contributed by atoms with E-state index in [0.717, 1.165) is 0 Å². The molecule has 0 fully saturated rings. The fraction of sp³-hybridized carbons (Fsp3) is 1.00. The van der Waals surface area contributed by atoms with Crippen molar-refractivity contribution in [1.29, 1.82) is 0 Å². The maximum Gasteiger partial charge on any atom is 0.0245 e. The van der Waals surface area contributed by atoms with Gasteiger partial charge in [0.2, 0.25) is 0 Å². The lowest BCUT2D eigenvalue weighted by Gasteiger charge is -2.21. The molecule has 0 aliphatic rings. The summed E-state index contributed by atoms with van der Waals surface area (Å²) >= 11 is 0. The molecule has 0 bridgehead atoms. The van der Waals surface area contributed by atoms with Crippen molar-refractivity contribution < 1.29 is 0 Å². The zero-order chi connectivity index (χ0) is 11.5. The lowest BCUT2D eigenvalue weighted by Crippen LogP contribution is -2.36. The van der Waals surface area contributed by atoms with Crippen LogP contribution in [0.15, 0.2) is 0 Å². The molecule has 0 nitrogen and oxygen atoms in total. The smallest absolute Gasteiger partial charge is 0.0245 e. The van der Waals surface area contributed by atoms with Crippen molar-refractivity contribution >= 4 is 25.9 Å². The summed E-state index contributed by atoms with van der Waals surface area (Å²) in [6.07, 6.45) is 8.98. The standard InChI is InChI=1S/C12H32Si3/c1-4-7-10-14(11-8-5-2)15(13)12-9-6-3/h14-15H,4-12H2,1-3,13H3. The third kappa shape index (κ3) is 8.46. The molecular formula is C12H32Si3. The maximum absolute atomic E-state index is 2.36. The van der Waals surface area contributed by atoms with Crippen molar-refractivity contribution in [2.24, 2.45) is 0 Å².